The number of aromatic hydroxyl groups is 1. The van der Waals surface area contributed by atoms with Gasteiger partial charge in [0, 0.05) is 34.8 Å². The molecule has 0 saturated heterocycles. The molecule has 0 bridgehead atoms. The summed E-state index contributed by atoms with van der Waals surface area (Å²) in [6.07, 6.45) is 4.97. The Morgan fingerprint density at radius 3 is 2.63 bits per heavy atom. The summed E-state index contributed by atoms with van der Waals surface area (Å²) in [4.78, 5) is 4.73. The summed E-state index contributed by atoms with van der Waals surface area (Å²) in [5.41, 5.74) is 8.67. The number of nitrogen functional groups attached to an aromatic ring is 1. The maximum Gasteiger partial charge on any atom is 0.203 e. The second kappa shape index (κ2) is 6.79. The van der Waals surface area contributed by atoms with Crippen molar-refractivity contribution in [2.75, 3.05) is 20.0 Å². The number of nitrogens with zero attached hydrogens (tertiary/aromatic N) is 2. The Hall–Kier alpha value is -3.48. The number of benzene rings is 2. The van der Waals surface area contributed by atoms with Crippen LogP contribution in [0.1, 0.15) is 25.3 Å². The number of pyridine rings is 1. The minimum Gasteiger partial charge on any atom is -0.497 e. The van der Waals surface area contributed by atoms with E-state index in [1.807, 2.05) is 10.8 Å². The third-order valence-electron chi connectivity index (χ3n) is 6.05. The van der Waals surface area contributed by atoms with Crippen molar-refractivity contribution in [2.24, 2.45) is 0 Å². The van der Waals surface area contributed by atoms with Crippen LogP contribution in [0, 0.1) is 5.82 Å². The molecule has 0 atom stereocenters. The van der Waals surface area contributed by atoms with Gasteiger partial charge in [0.15, 0.2) is 0 Å². The summed E-state index contributed by atoms with van der Waals surface area (Å²) in [5.74, 6) is 0.763. The molecule has 0 aliphatic heterocycles. The first kappa shape index (κ1) is 18.5. The standard InChI is InChI=1S/C23H22FN3O3/c1-29-13-6-7-14(18(10-13)30-2)19-16(24)9-8-15-21(25)20-17(26-22(15)19)11-27(23(20)28)12-4-3-5-12/h6-12,28H,3-5,25H2,1-2H3. The molecular formula is C23H22FN3O3. The Labute approximate surface area is 172 Å². The number of fused-ring (bicyclic) bond motifs is 2. The molecule has 4 aromatic rings. The van der Waals surface area contributed by atoms with Crippen LogP contribution in [0.2, 0.25) is 0 Å². The summed E-state index contributed by atoms with van der Waals surface area (Å²) >= 11 is 0. The van der Waals surface area contributed by atoms with Gasteiger partial charge in [0.1, 0.15) is 17.3 Å². The summed E-state index contributed by atoms with van der Waals surface area (Å²) in [5, 5.41) is 11.9. The number of aromatic nitrogens is 2. The molecule has 30 heavy (non-hydrogen) atoms. The molecule has 1 fully saturated rings. The lowest BCUT2D eigenvalue weighted by atomic mass is 9.93. The number of rotatable bonds is 4. The summed E-state index contributed by atoms with van der Waals surface area (Å²) in [6.45, 7) is 0. The third-order valence-corrected chi connectivity index (χ3v) is 6.05. The van der Waals surface area contributed by atoms with Crippen molar-refractivity contribution in [2.45, 2.75) is 25.3 Å². The highest BCUT2D eigenvalue weighted by Gasteiger charge is 2.26. The molecule has 0 spiro atoms. The molecule has 154 valence electrons. The van der Waals surface area contributed by atoms with E-state index in [0.717, 1.165) is 19.3 Å². The van der Waals surface area contributed by atoms with E-state index in [1.54, 1.807) is 31.4 Å². The van der Waals surface area contributed by atoms with E-state index in [4.69, 9.17) is 20.2 Å². The lowest BCUT2D eigenvalue weighted by Crippen LogP contribution is -2.15. The summed E-state index contributed by atoms with van der Waals surface area (Å²) < 4.78 is 27.7. The van der Waals surface area contributed by atoms with Crippen LogP contribution in [-0.4, -0.2) is 28.9 Å². The highest BCUT2D eigenvalue weighted by atomic mass is 19.1. The molecule has 0 unspecified atom stereocenters. The maximum atomic E-state index is 15.1. The average molecular weight is 407 g/mol. The number of hydrogen-bond donors (Lipinski definition) is 2. The summed E-state index contributed by atoms with van der Waals surface area (Å²) in [6, 6.07) is 8.41. The van der Waals surface area contributed by atoms with E-state index in [0.29, 0.717) is 50.1 Å². The quantitative estimate of drug-likeness (QED) is 0.496. The van der Waals surface area contributed by atoms with E-state index >= 15 is 4.39 Å². The molecule has 0 amide bonds. The first-order valence-electron chi connectivity index (χ1n) is 9.87. The summed E-state index contributed by atoms with van der Waals surface area (Å²) in [7, 11) is 3.09. The Kier molecular flexibility index (Phi) is 4.20. The SMILES string of the molecule is COc1ccc(-c2c(F)ccc3c(N)c4c(O)n(C5CCC5)cc4nc23)c(OC)c1. The van der Waals surface area contributed by atoms with E-state index < -0.39 is 5.82 Å². The molecule has 3 N–H and O–H groups in total. The molecule has 6 nitrogen and oxygen atoms in total. The van der Waals surface area contributed by atoms with Crippen molar-refractivity contribution in [1.29, 1.82) is 0 Å². The predicted molar refractivity (Wildman–Crippen MR) is 115 cm³/mol. The van der Waals surface area contributed by atoms with Gasteiger partial charge in [0.25, 0.3) is 0 Å². The van der Waals surface area contributed by atoms with Gasteiger partial charge in [0.05, 0.1) is 36.3 Å². The first-order valence-corrected chi connectivity index (χ1v) is 9.87. The highest BCUT2D eigenvalue weighted by Crippen LogP contribution is 2.45. The number of methoxy groups -OCH3 is 2. The predicted octanol–water partition coefficient (Wildman–Crippen LogP) is 5.03. The largest absolute Gasteiger partial charge is 0.497 e. The Balaban J connectivity index is 1.82. The molecule has 1 aliphatic rings. The molecular weight excluding hydrogens is 385 g/mol. The van der Waals surface area contributed by atoms with Crippen molar-refractivity contribution >= 4 is 27.5 Å². The molecule has 2 aromatic heterocycles. The van der Waals surface area contributed by atoms with Gasteiger partial charge in [0.2, 0.25) is 5.88 Å². The molecule has 2 heterocycles. The second-order valence-corrected chi connectivity index (χ2v) is 7.62. The fourth-order valence-corrected chi connectivity index (χ4v) is 4.20. The van der Waals surface area contributed by atoms with Crippen LogP contribution in [0.3, 0.4) is 0 Å². The molecule has 0 radical (unpaired) electrons. The van der Waals surface area contributed by atoms with Gasteiger partial charge in [-0.3, -0.25) is 0 Å². The van der Waals surface area contributed by atoms with Crippen molar-refractivity contribution in [3.8, 4) is 28.5 Å². The van der Waals surface area contributed by atoms with Gasteiger partial charge in [-0.15, -0.1) is 0 Å². The van der Waals surface area contributed by atoms with Crippen LogP contribution in [0.5, 0.6) is 17.4 Å². The maximum absolute atomic E-state index is 15.1. The number of ether oxygens (including phenoxy) is 2. The molecule has 7 heteroatoms. The van der Waals surface area contributed by atoms with Crippen molar-refractivity contribution < 1.29 is 19.0 Å². The normalized spacial score (nSPS) is 14.2. The molecule has 1 aliphatic carbocycles. The van der Waals surface area contributed by atoms with Crippen molar-refractivity contribution in [3.05, 3.63) is 42.3 Å². The average Bonchev–Trinajstić information content (AvgIpc) is 3.02. The number of anilines is 1. The Bertz CT molecular complexity index is 1290. The molecule has 2 aromatic carbocycles. The second-order valence-electron chi connectivity index (χ2n) is 7.62. The van der Waals surface area contributed by atoms with Gasteiger partial charge in [-0.05, 0) is 43.5 Å². The zero-order valence-electron chi connectivity index (χ0n) is 16.8. The van der Waals surface area contributed by atoms with Gasteiger partial charge in [-0.25, -0.2) is 9.37 Å². The van der Waals surface area contributed by atoms with E-state index in [-0.39, 0.29) is 11.9 Å². The zero-order valence-corrected chi connectivity index (χ0v) is 16.8. The Morgan fingerprint density at radius 2 is 1.97 bits per heavy atom. The molecule has 1 saturated carbocycles. The monoisotopic (exact) mass is 407 g/mol. The van der Waals surface area contributed by atoms with Crippen LogP contribution in [0.15, 0.2) is 36.5 Å². The molecule has 5 rings (SSSR count). The van der Waals surface area contributed by atoms with E-state index in [9.17, 15) is 5.11 Å². The van der Waals surface area contributed by atoms with Gasteiger partial charge < -0.3 is 24.9 Å². The minimum atomic E-state index is -0.431. The number of halogens is 1. The van der Waals surface area contributed by atoms with Crippen LogP contribution in [0.25, 0.3) is 32.9 Å². The van der Waals surface area contributed by atoms with E-state index in [2.05, 4.69) is 0 Å². The lowest BCUT2D eigenvalue weighted by molar-refractivity contribution is 0.283. The number of hydrogen-bond acceptors (Lipinski definition) is 5. The van der Waals surface area contributed by atoms with Crippen LogP contribution in [-0.2, 0) is 0 Å². The fraction of sp³-hybridized carbons (Fsp3) is 0.261. The van der Waals surface area contributed by atoms with Gasteiger partial charge >= 0.3 is 0 Å². The van der Waals surface area contributed by atoms with Gasteiger partial charge in [-0.1, -0.05) is 0 Å². The van der Waals surface area contributed by atoms with Crippen molar-refractivity contribution in [1.82, 2.24) is 9.55 Å². The number of nitrogens with two attached hydrogens (primary N) is 1. The topological polar surface area (TPSA) is 82.5 Å². The highest BCUT2D eigenvalue weighted by molar-refractivity contribution is 6.12. The zero-order chi connectivity index (χ0) is 21.0. The van der Waals surface area contributed by atoms with E-state index in [1.165, 1.54) is 13.2 Å². The van der Waals surface area contributed by atoms with Crippen LogP contribution in [0.4, 0.5) is 10.1 Å². The fourth-order valence-electron chi connectivity index (χ4n) is 4.20. The first-order chi connectivity index (χ1) is 14.5. The van der Waals surface area contributed by atoms with Crippen LogP contribution >= 0.6 is 0 Å². The third kappa shape index (κ3) is 2.58. The van der Waals surface area contributed by atoms with Gasteiger partial charge in [-0.2, -0.15) is 0 Å². The smallest absolute Gasteiger partial charge is 0.203 e. The Morgan fingerprint density at radius 1 is 1.17 bits per heavy atom. The van der Waals surface area contributed by atoms with Crippen molar-refractivity contribution in [3.63, 3.8) is 0 Å². The minimum absolute atomic E-state index is 0.120. The van der Waals surface area contributed by atoms with Crippen LogP contribution < -0.4 is 15.2 Å². The lowest BCUT2D eigenvalue weighted by Gasteiger charge is -2.27.